The zero-order valence-electron chi connectivity index (χ0n) is 13.2. The van der Waals surface area contributed by atoms with Crippen molar-refractivity contribution in [2.45, 2.75) is 39.7 Å². The molecule has 22 heavy (non-hydrogen) atoms. The molecule has 1 N–H and O–H groups in total. The van der Waals surface area contributed by atoms with Crippen molar-refractivity contribution in [1.82, 2.24) is 15.1 Å². The lowest BCUT2D eigenvalue weighted by Crippen LogP contribution is -2.52. The lowest BCUT2D eigenvalue weighted by atomic mass is 9.90. The van der Waals surface area contributed by atoms with Gasteiger partial charge in [0.2, 0.25) is 5.91 Å². The molecule has 0 aromatic rings. The van der Waals surface area contributed by atoms with Gasteiger partial charge in [-0.25, -0.2) is 9.69 Å². The number of hydrogen-bond donors (Lipinski definition) is 1. The van der Waals surface area contributed by atoms with Crippen molar-refractivity contribution >= 4 is 23.8 Å². The second-order valence-electron chi connectivity index (χ2n) is 5.65. The molecular weight excluding hydrogens is 288 g/mol. The normalized spacial score (nSPS) is 17.7. The molecule has 1 rings (SSSR count). The topological polar surface area (TPSA) is 111 Å². The van der Waals surface area contributed by atoms with Gasteiger partial charge in [0.15, 0.2) is 0 Å². The lowest BCUT2D eigenvalue weighted by molar-refractivity contribution is -0.144. The average Bonchev–Trinajstić information content (AvgIpc) is 2.65. The van der Waals surface area contributed by atoms with Crippen LogP contribution in [0.3, 0.4) is 0 Å². The van der Waals surface area contributed by atoms with Crippen LogP contribution in [0.4, 0.5) is 4.79 Å². The van der Waals surface area contributed by atoms with Crippen LogP contribution in [0.15, 0.2) is 0 Å². The van der Waals surface area contributed by atoms with E-state index in [4.69, 9.17) is 5.26 Å². The maximum atomic E-state index is 12.0. The first kappa shape index (κ1) is 17.6. The fourth-order valence-electron chi connectivity index (χ4n) is 1.88. The van der Waals surface area contributed by atoms with Gasteiger partial charge in [-0.1, -0.05) is 20.8 Å². The van der Waals surface area contributed by atoms with E-state index < -0.39 is 35.8 Å². The lowest BCUT2D eigenvalue weighted by Gasteiger charge is -2.28. The fourth-order valence-corrected chi connectivity index (χ4v) is 1.88. The summed E-state index contributed by atoms with van der Waals surface area (Å²) in [5.41, 5.74) is -1.12. The number of carbonyl (C=O) groups excluding carboxylic acids is 4. The molecule has 0 unspecified atom stereocenters. The van der Waals surface area contributed by atoms with Gasteiger partial charge >= 0.3 is 17.8 Å². The summed E-state index contributed by atoms with van der Waals surface area (Å²) in [6.45, 7) is 6.40. The number of nitrogens with one attached hydrogen (secondary N) is 1. The summed E-state index contributed by atoms with van der Waals surface area (Å²) in [4.78, 5) is 48.9. The van der Waals surface area contributed by atoms with Crippen molar-refractivity contribution in [3.63, 3.8) is 0 Å². The molecule has 8 nitrogen and oxygen atoms in total. The Morgan fingerprint density at radius 1 is 1.27 bits per heavy atom. The zero-order chi connectivity index (χ0) is 17.1. The molecule has 0 radical (unpaired) electrons. The van der Waals surface area contributed by atoms with Gasteiger partial charge < -0.3 is 5.32 Å². The van der Waals surface area contributed by atoms with Crippen LogP contribution in [0.5, 0.6) is 0 Å². The molecule has 1 saturated heterocycles. The minimum absolute atomic E-state index is 0.128. The number of nitrogens with zero attached hydrogens (tertiary/aromatic N) is 3. The summed E-state index contributed by atoms with van der Waals surface area (Å²) >= 11 is 0. The van der Waals surface area contributed by atoms with Gasteiger partial charge in [-0.05, 0) is 19.3 Å². The Balaban J connectivity index is 2.81. The maximum Gasteiger partial charge on any atom is 0.334 e. The number of hydrogen-bond acceptors (Lipinski definition) is 5. The first-order valence-corrected chi connectivity index (χ1v) is 7.07. The molecule has 0 aromatic carbocycles. The van der Waals surface area contributed by atoms with E-state index in [0.29, 0.717) is 11.3 Å². The highest BCUT2D eigenvalue weighted by Crippen LogP contribution is 2.16. The third-order valence-corrected chi connectivity index (χ3v) is 3.67. The highest BCUT2D eigenvalue weighted by molar-refractivity contribution is 6.45. The Hall–Kier alpha value is -2.43. The predicted molar refractivity (Wildman–Crippen MR) is 76.1 cm³/mol. The molecule has 120 valence electrons. The molecule has 0 bridgehead atoms. The Labute approximate surface area is 129 Å². The van der Waals surface area contributed by atoms with Crippen LogP contribution in [0.2, 0.25) is 0 Å². The van der Waals surface area contributed by atoms with E-state index in [1.165, 1.54) is 0 Å². The summed E-state index contributed by atoms with van der Waals surface area (Å²) in [5.74, 6) is -2.77. The molecule has 0 saturated carbocycles. The number of imide groups is 2. The standard InChI is InChI=1S/C14H20N4O4/c1-5-6-17-11(20)12(21)18(13(17)22)7-10(19)16-14(4,8-15)9(2)3/h9H,5-7H2,1-4H3,(H,16,19)/t14-/m0/s1. The highest BCUT2D eigenvalue weighted by atomic mass is 16.2. The Bertz CT molecular complexity index is 552. The largest absolute Gasteiger partial charge is 0.336 e. The Kier molecular flexibility index (Phi) is 5.25. The fraction of sp³-hybridized carbons (Fsp3) is 0.643. The van der Waals surface area contributed by atoms with E-state index in [1.807, 2.05) is 6.07 Å². The minimum atomic E-state index is -1.12. The minimum Gasteiger partial charge on any atom is -0.336 e. The van der Waals surface area contributed by atoms with Crippen molar-refractivity contribution in [2.24, 2.45) is 5.92 Å². The van der Waals surface area contributed by atoms with Crippen LogP contribution >= 0.6 is 0 Å². The Morgan fingerprint density at radius 3 is 2.27 bits per heavy atom. The quantitative estimate of drug-likeness (QED) is 0.558. The van der Waals surface area contributed by atoms with Gasteiger partial charge in [0, 0.05) is 6.54 Å². The van der Waals surface area contributed by atoms with Crippen LogP contribution in [-0.2, 0) is 14.4 Å². The molecular formula is C14H20N4O4. The van der Waals surface area contributed by atoms with Crippen molar-refractivity contribution in [1.29, 1.82) is 5.26 Å². The average molecular weight is 308 g/mol. The van der Waals surface area contributed by atoms with E-state index in [2.05, 4.69) is 5.32 Å². The van der Waals surface area contributed by atoms with Crippen LogP contribution < -0.4 is 5.32 Å². The maximum absolute atomic E-state index is 12.0. The summed E-state index contributed by atoms with van der Waals surface area (Å²) in [6.07, 6.45) is 0.519. The van der Waals surface area contributed by atoms with Gasteiger partial charge in [0.1, 0.15) is 12.1 Å². The first-order valence-electron chi connectivity index (χ1n) is 7.07. The van der Waals surface area contributed by atoms with Crippen LogP contribution in [0.25, 0.3) is 0 Å². The Morgan fingerprint density at radius 2 is 1.82 bits per heavy atom. The number of urea groups is 1. The monoisotopic (exact) mass is 308 g/mol. The third kappa shape index (κ3) is 3.24. The van der Waals surface area contributed by atoms with Gasteiger partial charge in [0.25, 0.3) is 0 Å². The second kappa shape index (κ2) is 6.56. The van der Waals surface area contributed by atoms with E-state index in [1.54, 1.807) is 27.7 Å². The molecule has 8 heteroatoms. The smallest absolute Gasteiger partial charge is 0.334 e. The van der Waals surface area contributed by atoms with Crippen molar-refractivity contribution in [3.8, 4) is 6.07 Å². The van der Waals surface area contributed by atoms with Gasteiger partial charge in [-0.3, -0.25) is 19.3 Å². The van der Waals surface area contributed by atoms with E-state index in [0.717, 1.165) is 4.90 Å². The molecule has 5 amide bonds. The second-order valence-corrected chi connectivity index (χ2v) is 5.65. The van der Waals surface area contributed by atoms with Gasteiger partial charge in [-0.2, -0.15) is 5.26 Å². The van der Waals surface area contributed by atoms with E-state index >= 15 is 0 Å². The molecule has 0 spiro atoms. The van der Waals surface area contributed by atoms with Gasteiger partial charge in [0.05, 0.1) is 6.07 Å². The van der Waals surface area contributed by atoms with Crippen molar-refractivity contribution in [3.05, 3.63) is 0 Å². The molecule has 1 aliphatic heterocycles. The molecule has 1 aliphatic rings. The number of nitriles is 1. The highest BCUT2D eigenvalue weighted by Gasteiger charge is 2.45. The summed E-state index contributed by atoms with van der Waals surface area (Å²) in [6, 6.07) is 1.20. The predicted octanol–water partition coefficient (Wildman–Crippen LogP) is 0.242. The number of carbonyl (C=O) groups is 4. The number of rotatable bonds is 6. The van der Waals surface area contributed by atoms with Crippen molar-refractivity contribution < 1.29 is 19.2 Å². The molecule has 1 heterocycles. The summed E-state index contributed by atoms with van der Waals surface area (Å²) in [5, 5.41) is 11.6. The molecule has 1 atom stereocenters. The van der Waals surface area contributed by atoms with Crippen LogP contribution in [-0.4, -0.2) is 52.2 Å². The summed E-state index contributed by atoms with van der Waals surface area (Å²) in [7, 11) is 0. The van der Waals surface area contributed by atoms with Crippen LogP contribution in [0.1, 0.15) is 34.1 Å². The summed E-state index contributed by atoms with van der Waals surface area (Å²) < 4.78 is 0. The van der Waals surface area contributed by atoms with Crippen LogP contribution in [0, 0.1) is 17.2 Å². The van der Waals surface area contributed by atoms with Crippen molar-refractivity contribution in [2.75, 3.05) is 13.1 Å². The zero-order valence-corrected chi connectivity index (χ0v) is 13.2. The first-order chi connectivity index (χ1) is 10.2. The SMILES string of the molecule is CCCN1C(=O)C(=O)N(CC(=O)N[C@@](C)(C#N)C(C)C)C1=O. The third-order valence-electron chi connectivity index (χ3n) is 3.67. The van der Waals surface area contributed by atoms with E-state index in [-0.39, 0.29) is 12.5 Å². The molecule has 1 fully saturated rings. The van der Waals surface area contributed by atoms with Gasteiger partial charge in [-0.15, -0.1) is 0 Å². The molecule has 0 aliphatic carbocycles. The van der Waals surface area contributed by atoms with E-state index in [9.17, 15) is 19.2 Å². The number of amides is 5. The molecule has 0 aromatic heterocycles.